The van der Waals surface area contributed by atoms with Crippen LogP contribution in [0.2, 0.25) is 0 Å². The maximum absolute atomic E-state index is 13.4. The molecular formula is C12H15FN2O3. The van der Waals surface area contributed by atoms with E-state index >= 15 is 0 Å². The van der Waals surface area contributed by atoms with Crippen molar-refractivity contribution in [3.63, 3.8) is 0 Å². The molecule has 1 aliphatic heterocycles. The van der Waals surface area contributed by atoms with Gasteiger partial charge < -0.3 is 9.64 Å². The second-order valence-electron chi connectivity index (χ2n) is 4.59. The number of hydrogen-bond acceptors (Lipinski definition) is 4. The minimum absolute atomic E-state index is 0.0241. The molecule has 5 nitrogen and oxygen atoms in total. The van der Waals surface area contributed by atoms with Crippen LogP contribution in [0.15, 0.2) is 18.2 Å². The Bertz CT molecular complexity index is 457. The number of rotatable bonds is 2. The molecule has 0 saturated carbocycles. The molecule has 0 bridgehead atoms. The third-order valence-corrected chi connectivity index (χ3v) is 2.86. The molecule has 0 radical (unpaired) electrons. The third-order valence-electron chi connectivity index (χ3n) is 2.86. The van der Waals surface area contributed by atoms with Crippen LogP contribution in [0.5, 0.6) is 0 Å². The highest BCUT2D eigenvalue weighted by Crippen LogP contribution is 2.26. The van der Waals surface area contributed by atoms with Crippen molar-refractivity contribution >= 4 is 11.4 Å². The van der Waals surface area contributed by atoms with Gasteiger partial charge in [-0.05, 0) is 19.9 Å². The number of ether oxygens (including phenoxy) is 1. The molecule has 6 heteroatoms. The fourth-order valence-electron chi connectivity index (χ4n) is 2.24. The summed E-state index contributed by atoms with van der Waals surface area (Å²) in [7, 11) is 0. The molecule has 0 amide bonds. The number of anilines is 1. The molecule has 0 aromatic heterocycles. The van der Waals surface area contributed by atoms with Gasteiger partial charge in [0.15, 0.2) is 0 Å². The van der Waals surface area contributed by atoms with Crippen molar-refractivity contribution in [2.75, 3.05) is 18.0 Å². The number of benzene rings is 1. The lowest BCUT2D eigenvalue weighted by Gasteiger charge is -2.36. The summed E-state index contributed by atoms with van der Waals surface area (Å²) in [6, 6.07) is 3.64. The van der Waals surface area contributed by atoms with Crippen molar-refractivity contribution in [2.45, 2.75) is 26.1 Å². The molecule has 18 heavy (non-hydrogen) atoms. The normalized spacial score (nSPS) is 24.1. The lowest BCUT2D eigenvalue weighted by atomic mass is 10.2. The quantitative estimate of drug-likeness (QED) is 0.600. The summed E-state index contributed by atoms with van der Waals surface area (Å²) in [5, 5.41) is 10.7. The first-order chi connectivity index (χ1) is 8.45. The Hall–Kier alpha value is -1.69. The molecule has 98 valence electrons. The molecule has 0 aliphatic carbocycles. The van der Waals surface area contributed by atoms with Crippen LogP contribution in [0.25, 0.3) is 0 Å². The lowest BCUT2D eigenvalue weighted by Crippen LogP contribution is -2.45. The molecule has 2 rings (SSSR count). The highest BCUT2D eigenvalue weighted by Gasteiger charge is 2.24. The van der Waals surface area contributed by atoms with Crippen LogP contribution in [0.4, 0.5) is 15.8 Å². The summed E-state index contributed by atoms with van der Waals surface area (Å²) < 4.78 is 19.0. The fourth-order valence-corrected chi connectivity index (χ4v) is 2.24. The number of nitrogens with zero attached hydrogens (tertiary/aromatic N) is 2. The number of hydrogen-bond donors (Lipinski definition) is 0. The number of halogens is 1. The van der Waals surface area contributed by atoms with Gasteiger partial charge in [-0.25, -0.2) is 4.39 Å². The second kappa shape index (κ2) is 4.89. The van der Waals surface area contributed by atoms with Crippen LogP contribution < -0.4 is 4.90 Å². The van der Waals surface area contributed by atoms with Crippen molar-refractivity contribution in [3.8, 4) is 0 Å². The Morgan fingerprint density at radius 3 is 2.50 bits per heavy atom. The number of morpholine rings is 1. The molecular weight excluding hydrogens is 239 g/mol. The first-order valence-corrected chi connectivity index (χ1v) is 5.81. The van der Waals surface area contributed by atoms with E-state index in [9.17, 15) is 14.5 Å². The zero-order valence-electron chi connectivity index (χ0n) is 10.3. The highest BCUT2D eigenvalue weighted by atomic mass is 19.1. The Kier molecular flexibility index (Phi) is 3.47. The fraction of sp³-hybridized carbons (Fsp3) is 0.500. The summed E-state index contributed by atoms with van der Waals surface area (Å²) >= 11 is 0. The topological polar surface area (TPSA) is 55.6 Å². The summed E-state index contributed by atoms with van der Waals surface area (Å²) in [6.45, 7) is 5.06. The van der Waals surface area contributed by atoms with Gasteiger partial charge in [0, 0.05) is 24.8 Å². The third kappa shape index (κ3) is 2.76. The van der Waals surface area contributed by atoms with E-state index in [1.165, 1.54) is 12.1 Å². The molecule has 1 aliphatic rings. The standard InChI is InChI=1S/C12H15FN2O3/c1-8-6-14(7-9(2)18-8)11-3-10(13)4-12(5-11)15(16)17/h3-5,8-9H,6-7H2,1-2H3/t8-,9+. The van der Waals surface area contributed by atoms with Gasteiger partial charge in [0.05, 0.1) is 23.2 Å². The minimum Gasteiger partial charge on any atom is -0.372 e. The van der Waals surface area contributed by atoms with Gasteiger partial charge in [0.2, 0.25) is 0 Å². The number of non-ortho nitro benzene ring substituents is 1. The summed E-state index contributed by atoms with van der Waals surface area (Å²) in [6.07, 6.45) is 0.0483. The van der Waals surface area contributed by atoms with Gasteiger partial charge in [-0.2, -0.15) is 0 Å². The predicted octanol–water partition coefficient (Wildman–Crippen LogP) is 2.35. The van der Waals surface area contributed by atoms with Gasteiger partial charge in [0.25, 0.3) is 5.69 Å². The molecule has 0 N–H and O–H groups in total. The molecule has 1 heterocycles. The van der Waals surface area contributed by atoms with E-state index in [1.807, 2.05) is 18.7 Å². The predicted molar refractivity (Wildman–Crippen MR) is 65.3 cm³/mol. The Morgan fingerprint density at radius 2 is 1.94 bits per heavy atom. The zero-order valence-corrected chi connectivity index (χ0v) is 10.3. The van der Waals surface area contributed by atoms with Crippen LogP contribution in [0, 0.1) is 15.9 Å². The van der Waals surface area contributed by atoms with Crippen molar-refractivity contribution in [1.29, 1.82) is 0 Å². The molecule has 0 spiro atoms. The molecule has 1 fully saturated rings. The van der Waals surface area contributed by atoms with E-state index in [1.54, 1.807) is 0 Å². The van der Waals surface area contributed by atoms with Crippen molar-refractivity contribution in [3.05, 3.63) is 34.1 Å². The molecule has 1 aromatic carbocycles. The zero-order chi connectivity index (χ0) is 13.3. The van der Waals surface area contributed by atoms with E-state index in [4.69, 9.17) is 4.74 Å². The van der Waals surface area contributed by atoms with Crippen LogP contribution in [0.3, 0.4) is 0 Å². The highest BCUT2D eigenvalue weighted by molar-refractivity contribution is 5.54. The van der Waals surface area contributed by atoms with E-state index in [0.717, 1.165) is 6.07 Å². The van der Waals surface area contributed by atoms with Crippen LogP contribution in [0.1, 0.15) is 13.8 Å². The van der Waals surface area contributed by atoms with Crippen molar-refractivity contribution in [1.82, 2.24) is 0 Å². The summed E-state index contributed by atoms with van der Waals surface area (Å²) in [5.41, 5.74) is 0.306. The summed E-state index contributed by atoms with van der Waals surface area (Å²) in [4.78, 5) is 12.0. The molecule has 1 saturated heterocycles. The Labute approximate surface area is 104 Å². The smallest absolute Gasteiger partial charge is 0.274 e. The van der Waals surface area contributed by atoms with E-state index < -0.39 is 10.7 Å². The maximum Gasteiger partial charge on any atom is 0.274 e. The molecule has 2 atom stereocenters. The van der Waals surface area contributed by atoms with Crippen molar-refractivity contribution in [2.24, 2.45) is 0 Å². The monoisotopic (exact) mass is 254 g/mol. The van der Waals surface area contributed by atoms with Crippen LogP contribution in [-0.2, 0) is 4.74 Å². The van der Waals surface area contributed by atoms with Gasteiger partial charge >= 0.3 is 0 Å². The van der Waals surface area contributed by atoms with Gasteiger partial charge in [-0.3, -0.25) is 10.1 Å². The van der Waals surface area contributed by atoms with E-state index in [-0.39, 0.29) is 17.9 Å². The number of nitro groups is 1. The van der Waals surface area contributed by atoms with Crippen molar-refractivity contribution < 1.29 is 14.1 Å². The molecule has 0 unspecified atom stereocenters. The average molecular weight is 254 g/mol. The number of nitro benzene ring substituents is 1. The Balaban J connectivity index is 2.29. The Morgan fingerprint density at radius 1 is 1.33 bits per heavy atom. The summed E-state index contributed by atoms with van der Waals surface area (Å²) in [5.74, 6) is -0.592. The SMILES string of the molecule is C[C@@H]1CN(c2cc(F)cc([N+](=O)[O-])c2)C[C@H](C)O1. The molecule has 1 aromatic rings. The lowest BCUT2D eigenvalue weighted by molar-refractivity contribution is -0.385. The first-order valence-electron chi connectivity index (χ1n) is 5.81. The van der Waals surface area contributed by atoms with Gasteiger partial charge in [0.1, 0.15) is 5.82 Å². The maximum atomic E-state index is 13.4. The first kappa shape index (κ1) is 12.8. The van der Waals surface area contributed by atoms with E-state index in [2.05, 4.69) is 0 Å². The van der Waals surface area contributed by atoms with Crippen LogP contribution >= 0.6 is 0 Å². The van der Waals surface area contributed by atoms with Crippen LogP contribution in [-0.4, -0.2) is 30.2 Å². The largest absolute Gasteiger partial charge is 0.372 e. The second-order valence-corrected chi connectivity index (χ2v) is 4.59. The van der Waals surface area contributed by atoms with Gasteiger partial charge in [-0.1, -0.05) is 0 Å². The van der Waals surface area contributed by atoms with E-state index in [0.29, 0.717) is 18.8 Å². The van der Waals surface area contributed by atoms with Gasteiger partial charge in [-0.15, -0.1) is 0 Å². The average Bonchev–Trinajstić information content (AvgIpc) is 2.26. The minimum atomic E-state index is -0.592.